The van der Waals surface area contributed by atoms with Gasteiger partial charge in [0.2, 0.25) is 10.0 Å². The van der Waals surface area contributed by atoms with Gasteiger partial charge in [0, 0.05) is 28.9 Å². The van der Waals surface area contributed by atoms with Crippen LogP contribution >= 0.6 is 22.7 Å². The number of aromatic nitrogens is 2. The van der Waals surface area contributed by atoms with E-state index in [-0.39, 0.29) is 4.21 Å². The number of nitrogen functional groups attached to an aromatic ring is 1. The SMILES string of the molecule is Nc1nc(CCCNS(=O)(=O)c2cc(-c3ccno3)cs2)cs1. The van der Waals surface area contributed by atoms with Crippen LogP contribution in [0.2, 0.25) is 0 Å². The first-order valence-corrected chi connectivity index (χ1v) is 9.98. The first-order valence-electron chi connectivity index (χ1n) is 6.74. The number of nitrogens with zero attached hydrogens (tertiary/aromatic N) is 2. The molecule has 7 nitrogen and oxygen atoms in total. The molecular formula is C13H14N4O3S3. The zero-order chi connectivity index (χ0) is 16.3. The van der Waals surface area contributed by atoms with Gasteiger partial charge in [-0.1, -0.05) is 5.16 Å². The summed E-state index contributed by atoms with van der Waals surface area (Å²) in [4.78, 5) is 4.14. The summed E-state index contributed by atoms with van der Waals surface area (Å²) in [5, 5.41) is 7.75. The second kappa shape index (κ2) is 6.79. The van der Waals surface area contributed by atoms with Gasteiger partial charge in [0.25, 0.3) is 0 Å². The fourth-order valence-corrected chi connectivity index (χ4v) is 4.82. The molecule has 0 aliphatic heterocycles. The Morgan fingerprint density at radius 2 is 2.17 bits per heavy atom. The van der Waals surface area contributed by atoms with Crippen LogP contribution in [-0.2, 0) is 16.4 Å². The summed E-state index contributed by atoms with van der Waals surface area (Å²) in [7, 11) is -3.52. The van der Waals surface area contributed by atoms with Crippen molar-refractivity contribution in [2.24, 2.45) is 0 Å². The topological polar surface area (TPSA) is 111 Å². The van der Waals surface area contributed by atoms with E-state index in [1.165, 1.54) is 17.5 Å². The predicted octanol–water partition coefficient (Wildman–Crippen LogP) is 2.35. The molecule has 3 aromatic rings. The molecule has 23 heavy (non-hydrogen) atoms. The third-order valence-electron chi connectivity index (χ3n) is 3.03. The van der Waals surface area contributed by atoms with Crippen molar-refractivity contribution in [1.82, 2.24) is 14.9 Å². The molecule has 3 aromatic heterocycles. The molecule has 0 atom stereocenters. The van der Waals surface area contributed by atoms with Crippen molar-refractivity contribution in [2.75, 3.05) is 12.3 Å². The van der Waals surface area contributed by atoms with E-state index in [4.69, 9.17) is 10.3 Å². The monoisotopic (exact) mass is 370 g/mol. The van der Waals surface area contributed by atoms with E-state index in [2.05, 4.69) is 14.9 Å². The van der Waals surface area contributed by atoms with Gasteiger partial charge in [-0.2, -0.15) is 0 Å². The highest BCUT2D eigenvalue weighted by molar-refractivity contribution is 7.91. The van der Waals surface area contributed by atoms with Crippen molar-refractivity contribution in [1.29, 1.82) is 0 Å². The Bertz CT molecular complexity index is 868. The molecule has 0 saturated heterocycles. The van der Waals surface area contributed by atoms with E-state index in [0.717, 1.165) is 17.0 Å². The number of anilines is 1. The van der Waals surface area contributed by atoms with E-state index >= 15 is 0 Å². The van der Waals surface area contributed by atoms with Gasteiger partial charge < -0.3 is 10.3 Å². The summed E-state index contributed by atoms with van der Waals surface area (Å²) in [5.74, 6) is 0.545. The highest BCUT2D eigenvalue weighted by Crippen LogP contribution is 2.28. The van der Waals surface area contributed by atoms with Gasteiger partial charge in [-0.3, -0.25) is 0 Å². The molecule has 0 spiro atoms. The molecule has 0 bridgehead atoms. The lowest BCUT2D eigenvalue weighted by atomic mass is 10.2. The molecule has 0 aliphatic carbocycles. The maximum atomic E-state index is 12.3. The van der Waals surface area contributed by atoms with Crippen molar-refractivity contribution < 1.29 is 12.9 Å². The minimum absolute atomic E-state index is 0.252. The average molecular weight is 370 g/mol. The van der Waals surface area contributed by atoms with E-state index in [0.29, 0.717) is 35.8 Å². The molecule has 0 radical (unpaired) electrons. The average Bonchev–Trinajstić information content (AvgIpc) is 3.24. The molecule has 3 N–H and O–H groups in total. The van der Waals surface area contributed by atoms with Gasteiger partial charge in [-0.25, -0.2) is 18.1 Å². The van der Waals surface area contributed by atoms with Gasteiger partial charge in [0.1, 0.15) is 4.21 Å². The fraction of sp³-hybridized carbons (Fsp3) is 0.231. The number of nitrogens with two attached hydrogens (primary N) is 1. The summed E-state index contributed by atoms with van der Waals surface area (Å²) in [6, 6.07) is 3.26. The maximum Gasteiger partial charge on any atom is 0.250 e. The summed E-state index contributed by atoms with van der Waals surface area (Å²) >= 11 is 2.53. The second-order valence-corrected chi connectivity index (χ2v) is 8.50. The summed E-state index contributed by atoms with van der Waals surface area (Å²) < 4.78 is 32.4. The van der Waals surface area contributed by atoms with Crippen molar-refractivity contribution in [3.8, 4) is 11.3 Å². The zero-order valence-electron chi connectivity index (χ0n) is 11.9. The molecule has 0 unspecified atom stereocenters. The molecule has 10 heteroatoms. The molecular weight excluding hydrogens is 356 g/mol. The Morgan fingerprint density at radius 1 is 1.30 bits per heavy atom. The Balaban J connectivity index is 1.56. The Kier molecular flexibility index (Phi) is 4.76. The molecule has 3 rings (SSSR count). The lowest BCUT2D eigenvalue weighted by molar-refractivity contribution is 0.432. The van der Waals surface area contributed by atoms with Gasteiger partial charge in [0.05, 0.1) is 11.9 Å². The van der Waals surface area contributed by atoms with Crippen molar-refractivity contribution in [3.63, 3.8) is 0 Å². The molecule has 3 heterocycles. The normalized spacial score (nSPS) is 11.8. The standard InChI is InChI=1S/C13H14N4O3S3/c14-13-17-10(8-22-13)2-1-4-16-23(18,19)12-6-9(7-21-12)11-3-5-15-20-11/h3,5-8,16H,1-2,4H2,(H2,14,17). The van der Waals surface area contributed by atoms with E-state index < -0.39 is 10.0 Å². The first-order chi connectivity index (χ1) is 11.0. The maximum absolute atomic E-state index is 12.3. The van der Waals surface area contributed by atoms with E-state index in [1.807, 2.05) is 5.38 Å². The van der Waals surface area contributed by atoms with Crippen LogP contribution in [0.4, 0.5) is 5.13 Å². The molecule has 122 valence electrons. The van der Waals surface area contributed by atoms with Crippen LogP contribution in [0.3, 0.4) is 0 Å². The van der Waals surface area contributed by atoms with Gasteiger partial charge in [-0.05, 0) is 18.9 Å². The van der Waals surface area contributed by atoms with Crippen molar-refractivity contribution >= 4 is 37.8 Å². The number of rotatable bonds is 7. The zero-order valence-corrected chi connectivity index (χ0v) is 14.4. The highest BCUT2D eigenvalue weighted by Gasteiger charge is 2.17. The Labute approximate surface area is 141 Å². The fourth-order valence-electron chi connectivity index (χ4n) is 1.94. The minimum atomic E-state index is -3.52. The smallest absolute Gasteiger partial charge is 0.250 e. The molecule has 0 amide bonds. The first kappa shape index (κ1) is 16.1. The number of hydrogen-bond donors (Lipinski definition) is 2. The number of aryl methyl sites for hydroxylation is 1. The Morgan fingerprint density at radius 3 is 2.87 bits per heavy atom. The van der Waals surface area contributed by atoms with Crippen LogP contribution < -0.4 is 10.5 Å². The van der Waals surface area contributed by atoms with Crippen LogP contribution in [-0.4, -0.2) is 25.1 Å². The quantitative estimate of drug-likeness (QED) is 0.618. The summed E-state index contributed by atoms with van der Waals surface area (Å²) in [6.07, 6.45) is 2.86. The number of nitrogens with one attached hydrogen (secondary N) is 1. The number of thiophene rings is 1. The lowest BCUT2D eigenvalue weighted by Gasteiger charge is -2.03. The van der Waals surface area contributed by atoms with Crippen LogP contribution in [0.15, 0.2) is 37.8 Å². The van der Waals surface area contributed by atoms with Gasteiger partial charge in [-0.15, -0.1) is 22.7 Å². The van der Waals surface area contributed by atoms with Gasteiger partial charge in [0.15, 0.2) is 10.9 Å². The van der Waals surface area contributed by atoms with Crippen molar-refractivity contribution in [3.05, 3.63) is 34.8 Å². The molecule has 0 aromatic carbocycles. The third kappa shape index (κ3) is 3.96. The molecule has 0 fully saturated rings. The molecule has 0 aliphatic rings. The van der Waals surface area contributed by atoms with Crippen LogP contribution in [0.1, 0.15) is 12.1 Å². The number of hydrogen-bond acceptors (Lipinski definition) is 8. The van der Waals surface area contributed by atoms with Crippen LogP contribution in [0, 0.1) is 0 Å². The lowest BCUT2D eigenvalue weighted by Crippen LogP contribution is -2.24. The van der Waals surface area contributed by atoms with Gasteiger partial charge >= 0.3 is 0 Å². The summed E-state index contributed by atoms with van der Waals surface area (Å²) in [6.45, 7) is 0.343. The van der Waals surface area contributed by atoms with E-state index in [1.54, 1.807) is 17.5 Å². The minimum Gasteiger partial charge on any atom is -0.375 e. The largest absolute Gasteiger partial charge is 0.375 e. The molecule has 0 saturated carbocycles. The van der Waals surface area contributed by atoms with Crippen LogP contribution in [0.5, 0.6) is 0 Å². The van der Waals surface area contributed by atoms with Crippen molar-refractivity contribution in [2.45, 2.75) is 17.1 Å². The number of thiazole rings is 1. The predicted molar refractivity (Wildman–Crippen MR) is 89.9 cm³/mol. The summed E-state index contributed by atoms with van der Waals surface area (Å²) in [5.41, 5.74) is 7.14. The van der Waals surface area contributed by atoms with Crippen LogP contribution in [0.25, 0.3) is 11.3 Å². The number of sulfonamides is 1. The Hall–Kier alpha value is -1.75. The highest BCUT2D eigenvalue weighted by atomic mass is 32.2. The second-order valence-electron chi connectivity index (χ2n) is 4.71. The third-order valence-corrected chi connectivity index (χ3v) is 6.66. The van der Waals surface area contributed by atoms with E-state index in [9.17, 15) is 8.42 Å².